The topological polar surface area (TPSA) is 15.3 Å². The molecule has 2 aliphatic rings. The van der Waals surface area contributed by atoms with Crippen LogP contribution in [0.2, 0.25) is 0 Å². The van der Waals surface area contributed by atoms with Crippen molar-refractivity contribution in [3.63, 3.8) is 0 Å². The molecule has 2 nitrogen and oxygen atoms in total. The molecule has 0 amide bonds. The Morgan fingerprint density at radius 2 is 1.76 bits per heavy atom. The molecule has 17 heavy (non-hydrogen) atoms. The Morgan fingerprint density at radius 1 is 1.12 bits per heavy atom. The lowest BCUT2D eigenvalue weighted by molar-refractivity contribution is 0.291. The Hall–Kier alpha value is -1.08. The molecule has 0 unspecified atom stereocenters. The van der Waals surface area contributed by atoms with Crippen LogP contribution in [0.5, 0.6) is 0 Å². The summed E-state index contributed by atoms with van der Waals surface area (Å²) in [6, 6.07) is 0. The molecule has 0 aromatic heterocycles. The van der Waals surface area contributed by atoms with Gasteiger partial charge in [0, 0.05) is 26.2 Å². The molecule has 1 fully saturated rings. The van der Waals surface area contributed by atoms with Crippen molar-refractivity contribution in [2.75, 3.05) is 33.2 Å². The molecule has 1 saturated heterocycles. The molecule has 0 atom stereocenters. The molecule has 1 heterocycles. The zero-order valence-electron chi connectivity index (χ0n) is 11.7. The molecule has 2 rings (SSSR count). The van der Waals surface area contributed by atoms with Crippen molar-refractivity contribution in [3.05, 3.63) is 41.7 Å². The van der Waals surface area contributed by atoms with E-state index in [-0.39, 0.29) is 0 Å². The van der Waals surface area contributed by atoms with E-state index in [2.05, 4.69) is 23.0 Å². The number of piperazine rings is 1. The summed E-state index contributed by atoms with van der Waals surface area (Å²) in [5.74, 6) is 0. The largest absolute Gasteiger partial charge is 0.314 e. The van der Waals surface area contributed by atoms with Gasteiger partial charge in [0.15, 0.2) is 0 Å². The number of allylic oxidation sites excluding steroid dienone is 5. The Bertz CT molecular complexity index is 288. The molecule has 0 aromatic carbocycles. The molecule has 0 aromatic rings. The molecule has 1 N–H and O–H groups in total. The second kappa shape index (κ2) is 11.4. The van der Waals surface area contributed by atoms with Gasteiger partial charge in [0.1, 0.15) is 0 Å². The molecule has 0 bridgehead atoms. The first-order chi connectivity index (χ1) is 8.29. The summed E-state index contributed by atoms with van der Waals surface area (Å²) in [5, 5.41) is 3.27. The third-order valence-corrected chi connectivity index (χ3v) is 2.32. The average Bonchev–Trinajstić information content (AvgIpc) is 2.61. The zero-order valence-corrected chi connectivity index (χ0v) is 11.7. The van der Waals surface area contributed by atoms with Gasteiger partial charge in [0.25, 0.3) is 0 Å². The molecule has 0 spiro atoms. The number of likely N-dealkylation sites (N-methyl/N-ethyl adjacent to an activating group) is 1. The molecular formula is C15H26N2. The third kappa shape index (κ3) is 9.83. The molecule has 2 heteroatoms. The Kier molecular flexibility index (Phi) is 10.7. The predicted molar refractivity (Wildman–Crippen MR) is 77.3 cm³/mol. The minimum atomic E-state index is 1.16. The van der Waals surface area contributed by atoms with Crippen LogP contribution in [0.3, 0.4) is 0 Å². The van der Waals surface area contributed by atoms with E-state index in [1.807, 2.05) is 51.2 Å². The van der Waals surface area contributed by atoms with Crippen LogP contribution in [0.15, 0.2) is 41.7 Å². The zero-order chi connectivity index (χ0) is 12.9. The summed E-state index contributed by atoms with van der Waals surface area (Å²) in [4.78, 5) is 2.33. The van der Waals surface area contributed by atoms with Crippen LogP contribution in [0.4, 0.5) is 0 Å². The fourth-order valence-corrected chi connectivity index (χ4v) is 1.32. The highest BCUT2D eigenvalue weighted by atomic mass is 15.2. The second-order valence-electron chi connectivity index (χ2n) is 3.79. The van der Waals surface area contributed by atoms with E-state index in [9.17, 15) is 0 Å². The molecule has 96 valence electrons. The maximum Gasteiger partial charge on any atom is 0.0104 e. The fourth-order valence-electron chi connectivity index (χ4n) is 1.32. The van der Waals surface area contributed by atoms with Gasteiger partial charge in [-0.05, 0) is 25.6 Å². The van der Waals surface area contributed by atoms with Crippen molar-refractivity contribution in [1.29, 1.82) is 0 Å². The number of nitrogens with one attached hydrogen (secondary N) is 1. The fraction of sp³-hybridized carbons (Fsp3) is 0.533. The van der Waals surface area contributed by atoms with Crippen molar-refractivity contribution in [1.82, 2.24) is 10.2 Å². The lowest BCUT2D eigenvalue weighted by Gasteiger charge is -2.21. The van der Waals surface area contributed by atoms with E-state index in [0.29, 0.717) is 0 Å². The number of rotatable bonds is 0. The van der Waals surface area contributed by atoms with Gasteiger partial charge in [-0.15, -0.1) is 5.73 Å². The van der Waals surface area contributed by atoms with Crippen molar-refractivity contribution in [3.8, 4) is 0 Å². The summed E-state index contributed by atoms with van der Waals surface area (Å²) in [7, 11) is 2.15. The molecule has 0 saturated carbocycles. The van der Waals surface area contributed by atoms with E-state index in [4.69, 9.17) is 0 Å². The first kappa shape index (κ1) is 15.9. The van der Waals surface area contributed by atoms with Crippen molar-refractivity contribution in [2.24, 2.45) is 0 Å². The standard InChI is InChI=1S/C8H8.C5H12N2.C2H6/c1-8-6-4-2-3-5-7-8;1-7-4-2-6-3-5-7;1-2/h2-6H,1H3;6H,2-5H2,1H3;1-2H3. The highest BCUT2D eigenvalue weighted by Crippen LogP contribution is 1.95. The number of hydrogen-bond acceptors (Lipinski definition) is 2. The number of hydrogen-bond donors (Lipinski definition) is 1. The maximum atomic E-state index is 3.27. The first-order valence-corrected chi connectivity index (χ1v) is 6.45. The van der Waals surface area contributed by atoms with Crippen LogP contribution in [0.1, 0.15) is 20.8 Å². The van der Waals surface area contributed by atoms with Gasteiger partial charge in [-0.1, -0.05) is 38.2 Å². The van der Waals surface area contributed by atoms with Gasteiger partial charge in [0.2, 0.25) is 0 Å². The van der Waals surface area contributed by atoms with Gasteiger partial charge in [0.05, 0.1) is 0 Å². The van der Waals surface area contributed by atoms with Crippen molar-refractivity contribution < 1.29 is 0 Å². The average molecular weight is 234 g/mol. The number of nitrogens with zero attached hydrogens (tertiary/aromatic N) is 1. The van der Waals surface area contributed by atoms with Crippen LogP contribution in [-0.2, 0) is 0 Å². The Morgan fingerprint density at radius 3 is 2.29 bits per heavy atom. The van der Waals surface area contributed by atoms with Crippen molar-refractivity contribution in [2.45, 2.75) is 20.8 Å². The van der Waals surface area contributed by atoms with Crippen molar-refractivity contribution >= 4 is 0 Å². The smallest absolute Gasteiger partial charge is 0.0104 e. The van der Waals surface area contributed by atoms with E-state index in [1.165, 1.54) is 18.7 Å². The highest BCUT2D eigenvalue weighted by molar-refractivity contribution is 5.26. The SMILES string of the molecule is CC.CC1=C=CC=CC=C1.CN1CCNCC1. The summed E-state index contributed by atoms with van der Waals surface area (Å²) in [6.07, 6.45) is 9.90. The molecule has 1 aliphatic carbocycles. The van der Waals surface area contributed by atoms with E-state index < -0.39 is 0 Å². The summed E-state index contributed by atoms with van der Waals surface area (Å²) < 4.78 is 0. The first-order valence-electron chi connectivity index (χ1n) is 6.45. The lowest BCUT2D eigenvalue weighted by Crippen LogP contribution is -2.40. The van der Waals surface area contributed by atoms with Gasteiger partial charge < -0.3 is 10.2 Å². The van der Waals surface area contributed by atoms with E-state index in [1.54, 1.807) is 0 Å². The third-order valence-electron chi connectivity index (χ3n) is 2.32. The minimum Gasteiger partial charge on any atom is -0.314 e. The summed E-state index contributed by atoms with van der Waals surface area (Å²) in [5.41, 5.74) is 4.24. The van der Waals surface area contributed by atoms with Gasteiger partial charge in [-0.3, -0.25) is 0 Å². The van der Waals surface area contributed by atoms with E-state index >= 15 is 0 Å². The summed E-state index contributed by atoms with van der Waals surface area (Å²) in [6.45, 7) is 10.8. The van der Waals surface area contributed by atoms with Crippen LogP contribution in [0.25, 0.3) is 0 Å². The monoisotopic (exact) mass is 234 g/mol. The lowest BCUT2D eigenvalue weighted by atomic mass is 10.3. The van der Waals surface area contributed by atoms with Gasteiger partial charge >= 0.3 is 0 Å². The van der Waals surface area contributed by atoms with Gasteiger partial charge in [-0.2, -0.15) is 0 Å². The molecule has 0 radical (unpaired) electrons. The maximum absolute atomic E-state index is 3.27. The quantitative estimate of drug-likeness (QED) is 0.648. The van der Waals surface area contributed by atoms with Crippen LogP contribution < -0.4 is 5.32 Å². The highest BCUT2D eigenvalue weighted by Gasteiger charge is 2.01. The Labute approximate surface area is 106 Å². The Balaban J connectivity index is 0.000000265. The summed E-state index contributed by atoms with van der Waals surface area (Å²) >= 11 is 0. The van der Waals surface area contributed by atoms with Gasteiger partial charge in [-0.25, -0.2) is 0 Å². The predicted octanol–water partition coefficient (Wildman–Crippen LogP) is 2.76. The molecular weight excluding hydrogens is 208 g/mol. The van der Waals surface area contributed by atoms with Crippen LogP contribution in [0, 0.1) is 0 Å². The second-order valence-corrected chi connectivity index (χ2v) is 3.79. The van der Waals surface area contributed by atoms with Crippen LogP contribution in [-0.4, -0.2) is 38.1 Å². The van der Waals surface area contributed by atoms with Crippen LogP contribution >= 0.6 is 0 Å². The van der Waals surface area contributed by atoms with E-state index in [0.717, 1.165) is 13.1 Å². The minimum absolute atomic E-state index is 1.16. The normalized spacial score (nSPS) is 18.2. The molecule has 1 aliphatic heterocycles.